The van der Waals surface area contributed by atoms with Gasteiger partial charge in [0.25, 0.3) is 11.8 Å². The summed E-state index contributed by atoms with van der Waals surface area (Å²) in [4.78, 5) is 70.6. The fraction of sp³-hybridized carbons (Fsp3) is 0.446. The monoisotopic (exact) mass is 978 g/mol. The Bertz CT molecular complexity index is 3000. The summed E-state index contributed by atoms with van der Waals surface area (Å²) in [6.45, 7) is 9.88. The molecule has 14 nitrogen and oxygen atoms in total. The molecule has 0 aliphatic carbocycles. The van der Waals surface area contributed by atoms with Crippen molar-refractivity contribution >= 4 is 51.6 Å². The second kappa shape index (κ2) is 20.8. The average molecular weight is 979 g/mol. The largest absolute Gasteiger partial charge is 0.461 e. The van der Waals surface area contributed by atoms with Crippen molar-refractivity contribution in [3.05, 3.63) is 101 Å². The molecule has 5 unspecified atom stereocenters. The van der Waals surface area contributed by atoms with E-state index in [1.165, 1.54) is 6.07 Å². The number of amides is 4. The van der Waals surface area contributed by atoms with Gasteiger partial charge in [0.1, 0.15) is 35.5 Å². The van der Waals surface area contributed by atoms with E-state index in [1.54, 1.807) is 36.5 Å². The lowest BCUT2D eigenvalue weighted by Crippen LogP contribution is -2.51. The lowest BCUT2D eigenvalue weighted by Gasteiger charge is -2.35. The van der Waals surface area contributed by atoms with Crippen LogP contribution in [0.1, 0.15) is 116 Å². The number of hydrogen-bond acceptors (Lipinski definition) is 12. The summed E-state index contributed by atoms with van der Waals surface area (Å²) in [7, 11) is 0. The number of fused-ring (bicyclic) bond motifs is 6. The van der Waals surface area contributed by atoms with Crippen LogP contribution in [0.3, 0.4) is 0 Å². The van der Waals surface area contributed by atoms with E-state index in [-0.39, 0.29) is 47.2 Å². The zero-order valence-corrected chi connectivity index (χ0v) is 40.7. The number of nitrogens with zero attached hydrogens (tertiary/aromatic N) is 6. The highest BCUT2D eigenvalue weighted by Crippen LogP contribution is 2.45. The molecular formula is C56H60F2N8O6. The number of pyridine rings is 1. The molecular weight excluding hydrogens is 919 g/mol. The molecule has 0 spiro atoms. The number of carbonyl (C=O) groups excluding carboxylic acids is 4. The van der Waals surface area contributed by atoms with Crippen LogP contribution in [0, 0.1) is 24.0 Å². The number of halogens is 2. The first-order valence-electron chi connectivity index (χ1n) is 25.5. The minimum Gasteiger partial charge on any atom is -0.461 e. The van der Waals surface area contributed by atoms with E-state index in [9.17, 15) is 19.2 Å². The first-order valence-corrected chi connectivity index (χ1v) is 25.5. The summed E-state index contributed by atoms with van der Waals surface area (Å²) in [5.41, 5.74) is 2.74. The van der Waals surface area contributed by atoms with Gasteiger partial charge in [-0.3, -0.25) is 39.3 Å². The molecule has 16 heteroatoms. The van der Waals surface area contributed by atoms with Crippen molar-refractivity contribution in [3.8, 4) is 29.6 Å². The average Bonchev–Trinajstić information content (AvgIpc) is 4.08. The van der Waals surface area contributed by atoms with E-state index in [2.05, 4.69) is 37.9 Å². The Labute approximate surface area is 417 Å². The molecule has 7 heterocycles. The first kappa shape index (κ1) is 48.9. The second-order valence-electron chi connectivity index (χ2n) is 20.1. The van der Waals surface area contributed by atoms with Crippen molar-refractivity contribution < 1.29 is 37.4 Å². The van der Waals surface area contributed by atoms with Crippen LogP contribution < -0.4 is 20.3 Å². The summed E-state index contributed by atoms with van der Waals surface area (Å²) in [6.07, 6.45) is 18.5. The Morgan fingerprint density at radius 2 is 1.79 bits per heavy atom. The molecule has 2 bridgehead atoms. The summed E-state index contributed by atoms with van der Waals surface area (Å²) in [5.74, 6) is 0.161. The fourth-order valence-electron chi connectivity index (χ4n) is 12.1. The molecule has 72 heavy (non-hydrogen) atoms. The maximum Gasteiger partial charge on any atom is 0.319 e. The third-order valence-corrected chi connectivity index (χ3v) is 15.4. The predicted octanol–water partition coefficient (Wildman–Crippen LogP) is 7.83. The van der Waals surface area contributed by atoms with E-state index in [0.717, 1.165) is 86.8 Å². The second-order valence-corrected chi connectivity index (χ2v) is 20.1. The van der Waals surface area contributed by atoms with E-state index in [1.807, 2.05) is 19.1 Å². The number of benzene rings is 3. The van der Waals surface area contributed by atoms with Gasteiger partial charge in [-0.1, -0.05) is 87.1 Å². The molecule has 4 amide bonds. The van der Waals surface area contributed by atoms with Crippen LogP contribution in [-0.4, -0.2) is 118 Å². The van der Waals surface area contributed by atoms with Gasteiger partial charge >= 0.3 is 6.01 Å². The molecule has 374 valence electrons. The van der Waals surface area contributed by atoms with Crippen LogP contribution in [0.4, 0.5) is 14.6 Å². The molecule has 5 aliphatic rings. The quantitative estimate of drug-likeness (QED) is 0.0256. The van der Waals surface area contributed by atoms with Gasteiger partial charge in [0.05, 0.1) is 34.2 Å². The number of ether oxygens (including phenoxy) is 2. The van der Waals surface area contributed by atoms with E-state index in [4.69, 9.17) is 25.9 Å². The molecule has 3 aromatic carbocycles. The van der Waals surface area contributed by atoms with Crippen molar-refractivity contribution in [3.63, 3.8) is 0 Å². The summed E-state index contributed by atoms with van der Waals surface area (Å²) < 4.78 is 45.1. The number of piperazine rings is 1. The summed E-state index contributed by atoms with van der Waals surface area (Å²) in [5, 5.41) is 7.34. The lowest BCUT2D eigenvalue weighted by molar-refractivity contribution is -0.128. The summed E-state index contributed by atoms with van der Waals surface area (Å²) in [6, 6.07) is 13.3. The van der Waals surface area contributed by atoms with Crippen LogP contribution in [0.5, 0.6) is 6.01 Å². The molecule has 2 N–H and O–H groups in total. The number of hydrogen-bond donors (Lipinski definition) is 2. The van der Waals surface area contributed by atoms with Gasteiger partial charge in [-0.2, -0.15) is 9.97 Å². The summed E-state index contributed by atoms with van der Waals surface area (Å²) >= 11 is 0. The Morgan fingerprint density at radius 1 is 1.01 bits per heavy atom. The SMILES string of the molecule is C#Cc1c(F)ccc2cccc(-c3ncc4c(N5CC6CCC(C5)N6)nc(OCC56CCC(COCCCCCCCc7cccc8c7C(=O)N(C(CCC)C(=O)NC=O)C8=O)N5CC(=C)C6)nc4c3F)c12. The molecule has 0 saturated carbocycles. The number of imide groups is 2. The number of nitrogens with one attached hydrogen (secondary N) is 2. The van der Waals surface area contributed by atoms with Crippen LogP contribution >= 0.6 is 0 Å². The van der Waals surface area contributed by atoms with Crippen LogP contribution in [0.2, 0.25) is 0 Å². The standard InChI is InChI=1S/C56H60F2N8O6/c1-4-13-45(52(68)60-33-67)66-53(69)42-18-12-15-35(47(42)54(66)70)14-9-7-6-8-10-25-71-31-39-23-24-56(26-34(3)28-65(39)56)32-72-55-62-50-43(51(63-55)64-29-37-20-21-38(30-64)61-37)27-59-49(48(50)58)41-17-11-16-36-19-22-44(57)40(5-2)46(36)41/h2,11-12,15-19,22,27,33,37-39,45,61H,3-4,6-10,13-14,20-21,23-26,28-32H2,1H3,(H,60,67,68). The fourth-order valence-corrected chi connectivity index (χ4v) is 12.1. The molecule has 5 aliphatic heterocycles. The number of rotatable bonds is 20. The predicted molar refractivity (Wildman–Crippen MR) is 269 cm³/mol. The van der Waals surface area contributed by atoms with Gasteiger partial charge in [-0.25, -0.2) is 8.78 Å². The molecule has 4 fully saturated rings. The van der Waals surface area contributed by atoms with Crippen molar-refractivity contribution in [1.29, 1.82) is 0 Å². The topological polar surface area (TPSA) is 159 Å². The van der Waals surface area contributed by atoms with Crippen LogP contribution in [-0.2, 0) is 20.7 Å². The van der Waals surface area contributed by atoms with Crippen molar-refractivity contribution in [2.75, 3.05) is 44.4 Å². The van der Waals surface area contributed by atoms with Crippen LogP contribution in [0.15, 0.2) is 66.9 Å². The minimum absolute atomic E-state index is 0.0164. The molecule has 2 aromatic heterocycles. The minimum atomic E-state index is -1.04. The maximum atomic E-state index is 17.2. The van der Waals surface area contributed by atoms with E-state index in [0.29, 0.717) is 96.5 Å². The van der Waals surface area contributed by atoms with Gasteiger partial charge in [0, 0.05) is 61.5 Å². The molecule has 10 rings (SSSR count). The third kappa shape index (κ3) is 9.22. The Morgan fingerprint density at radius 3 is 2.58 bits per heavy atom. The van der Waals surface area contributed by atoms with E-state index >= 15 is 8.78 Å². The normalized spacial score (nSPS) is 21.9. The van der Waals surface area contributed by atoms with Gasteiger partial charge in [-0.15, -0.1) is 6.42 Å². The van der Waals surface area contributed by atoms with Gasteiger partial charge in [-0.05, 0) is 80.9 Å². The number of aryl methyl sites for hydroxylation is 1. The van der Waals surface area contributed by atoms with E-state index < -0.39 is 35.4 Å². The Balaban J connectivity index is 0.761. The van der Waals surface area contributed by atoms with Gasteiger partial charge < -0.3 is 19.7 Å². The number of unbranched alkanes of at least 4 members (excludes halogenated alkanes) is 4. The highest BCUT2D eigenvalue weighted by atomic mass is 19.1. The zero-order chi connectivity index (χ0) is 50.1. The Kier molecular flexibility index (Phi) is 14.1. The highest BCUT2D eigenvalue weighted by molar-refractivity contribution is 6.23. The van der Waals surface area contributed by atoms with Crippen LogP contribution in [0.25, 0.3) is 32.9 Å². The lowest BCUT2D eigenvalue weighted by atomic mass is 9.94. The first-order chi connectivity index (χ1) is 35.0. The van der Waals surface area contributed by atoms with Crippen molar-refractivity contribution in [2.24, 2.45) is 0 Å². The molecule has 5 aromatic rings. The third-order valence-electron chi connectivity index (χ3n) is 15.4. The molecule has 4 saturated heterocycles. The van der Waals surface area contributed by atoms with Crippen molar-refractivity contribution in [1.82, 2.24) is 35.4 Å². The molecule has 5 atom stereocenters. The number of terminal acetylenes is 1. The van der Waals surface area contributed by atoms with Gasteiger partial charge in [0.15, 0.2) is 5.82 Å². The number of aromatic nitrogens is 3. The number of anilines is 1. The highest BCUT2D eigenvalue weighted by Gasteiger charge is 2.51. The van der Waals surface area contributed by atoms with Crippen molar-refractivity contribution in [2.45, 2.75) is 120 Å². The van der Waals surface area contributed by atoms with Gasteiger partial charge in [0.2, 0.25) is 12.3 Å². The molecule has 0 radical (unpaired) electrons. The Hall–Kier alpha value is -6.67. The zero-order valence-electron chi connectivity index (χ0n) is 40.7. The smallest absolute Gasteiger partial charge is 0.319 e. The number of carbonyl (C=O) groups is 4. The maximum absolute atomic E-state index is 17.2.